The van der Waals surface area contributed by atoms with Gasteiger partial charge in [-0.15, -0.1) is 0 Å². The molecule has 0 saturated heterocycles. The smallest absolute Gasteiger partial charge is 0.247 e. The molecular weight excluding hydrogens is 710 g/mol. The fourth-order valence-electron chi connectivity index (χ4n) is 5.70. The van der Waals surface area contributed by atoms with Crippen molar-refractivity contribution in [2.24, 2.45) is 5.92 Å². The third-order valence-electron chi connectivity index (χ3n) is 7.95. The third-order valence-corrected chi connectivity index (χ3v) is 9.34. The zero-order valence-corrected chi connectivity index (χ0v) is 27.6. The van der Waals surface area contributed by atoms with Gasteiger partial charge >= 0.3 is 0 Å². The summed E-state index contributed by atoms with van der Waals surface area (Å²) in [6.07, 6.45) is 3.80. The van der Waals surface area contributed by atoms with Crippen LogP contribution in [0.3, 0.4) is 0 Å². The van der Waals surface area contributed by atoms with E-state index in [1.54, 1.807) is 41.3 Å². The van der Waals surface area contributed by atoms with Gasteiger partial charge in [-0.1, -0.05) is 42.1 Å². The fourth-order valence-corrected chi connectivity index (χ4v) is 6.96. The van der Waals surface area contributed by atoms with Gasteiger partial charge in [0, 0.05) is 41.5 Å². The van der Waals surface area contributed by atoms with Crippen LogP contribution < -0.4 is 14.8 Å². The van der Waals surface area contributed by atoms with Crippen LogP contribution in [0.2, 0.25) is 10.0 Å². The van der Waals surface area contributed by atoms with Crippen molar-refractivity contribution in [2.45, 2.75) is 69.9 Å². The van der Waals surface area contributed by atoms with Gasteiger partial charge in [0.05, 0.1) is 29.9 Å². The maximum Gasteiger partial charge on any atom is 0.247 e. The quantitative estimate of drug-likeness (QED) is 0.234. The molecule has 1 saturated carbocycles. The summed E-state index contributed by atoms with van der Waals surface area (Å²) < 4.78 is 12.5. The minimum Gasteiger partial charge on any atom is -0.493 e. The van der Waals surface area contributed by atoms with Gasteiger partial charge in [0.1, 0.15) is 12.2 Å². The van der Waals surface area contributed by atoms with E-state index in [0.29, 0.717) is 48.2 Å². The van der Waals surface area contributed by atoms with Crippen LogP contribution in [0, 0.1) is 9.49 Å². The number of rotatable bonds is 12. The average Bonchev–Trinajstić information content (AvgIpc) is 3.50. The highest BCUT2D eigenvalue weighted by Gasteiger charge is 2.41. The Bertz CT molecular complexity index is 1340. The Morgan fingerprint density at radius 3 is 2.53 bits per heavy atom. The normalized spacial score (nSPS) is 20.4. The highest BCUT2D eigenvalue weighted by Crippen LogP contribution is 2.38. The van der Waals surface area contributed by atoms with E-state index in [-0.39, 0.29) is 44.5 Å². The van der Waals surface area contributed by atoms with Crippen LogP contribution in [0.1, 0.15) is 49.7 Å². The summed E-state index contributed by atoms with van der Waals surface area (Å²) in [4.78, 5) is 28.8. The molecule has 0 heterocycles. The summed E-state index contributed by atoms with van der Waals surface area (Å²) in [5.74, 6) is 0.372. The number of hydrogen-bond acceptors (Lipinski definition) is 7. The molecule has 234 valence electrons. The molecule has 4 rings (SSSR count). The molecule has 0 radical (unpaired) electrons. The number of nitrogens with zero attached hydrogens (tertiary/aromatic N) is 1. The summed E-state index contributed by atoms with van der Waals surface area (Å²) in [5.41, 5.74) is 1.60. The number of amides is 2. The number of aliphatic hydroxyl groups is 3. The van der Waals surface area contributed by atoms with Gasteiger partial charge in [-0.3, -0.25) is 9.59 Å². The summed E-state index contributed by atoms with van der Waals surface area (Å²) in [6, 6.07) is 7.62. The molecule has 2 aliphatic carbocycles. The summed E-state index contributed by atoms with van der Waals surface area (Å²) in [6.45, 7) is -0.276. The first-order valence-corrected chi connectivity index (χ1v) is 16.1. The van der Waals surface area contributed by atoms with Crippen LogP contribution in [-0.2, 0) is 22.7 Å². The molecule has 43 heavy (non-hydrogen) atoms. The third kappa shape index (κ3) is 8.55. The van der Waals surface area contributed by atoms with Crippen molar-refractivity contribution < 1.29 is 34.4 Å². The molecule has 0 bridgehead atoms. The van der Waals surface area contributed by atoms with Crippen LogP contribution in [0.4, 0.5) is 0 Å². The number of nitrogens with one attached hydrogen (secondary N) is 1. The second kappa shape index (κ2) is 15.8. The van der Waals surface area contributed by atoms with Crippen molar-refractivity contribution >= 4 is 57.6 Å². The van der Waals surface area contributed by atoms with Gasteiger partial charge in [0.2, 0.25) is 11.8 Å². The lowest BCUT2D eigenvalue weighted by molar-refractivity contribution is -0.140. The lowest BCUT2D eigenvalue weighted by atomic mass is 9.87. The minimum atomic E-state index is -1.22. The van der Waals surface area contributed by atoms with E-state index in [9.17, 15) is 24.9 Å². The molecular formula is C31H37Cl2IN2O7. The Labute approximate surface area is 275 Å². The molecule has 1 fully saturated rings. The summed E-state index contributed by atoms with van der Waals surface area (Å²) in [5, 5.41) is 34.3. The molecule has 2 amide bonds. The fraction of sp³-hybridized carbons (Fsp3) is 0.484. The Morgan fingerprint density at radius 1 is 1.14 bits per heavy atom. The molecule has 0 aliphatic heterocycles. The predicted molar refractivity (Wildman–Crippen MR) is 172 cm³/mol. The minimum absolute atomic E-state index is 0.0496. The van der Waals surface area contributed by atoms with Crippen LogP contribution >= 0.6 is 45.8 Å². The SMILES string of the molecule is COc1cc(CO)cc(I)c1O[C@H]1C=C(C(=O)NCCO)C[C@@H](N(Cc2ccc(Cl)cc2Cl)C(=O)CC2CCCC2)[C@@H]1O. The largest absolute Gasteiger partial charge is 0.493 e. The number of hydrogen-bond donors (Lipinski definition) is 4. The van der Waals surface area contributed by atoms with Gasteiger partial charge in [-0.2, -0.15) is 0 Å². The molecule has 2 aromatic rings. The molecule has 3 atom stereocenters. The lowest BCUT2D eigenvalue weighted by Gasteiger charge is -2.41. The zero-order valence-electron chi connectivity index (χ0n) is 23.9. The van der Waals surface area contributed by atoms with Gasteiger partial charge < -0.3 is 35.0 Å². The van der Waals surface area contributed by atoms with Crippen molar-refractivity contribution in [1.29, 1.82) is 0 Å². The van der Waals surface area contributed by atoms with E-state index >= 15 is 0 Å². The summed E-state index contributed by atoms with van der Waals surface area (Å²) >= 11 is 14.7. The number of benzene rings is 2. The second-order valence-electron chi connectivity index (χ2n) is 10.9. The first-order valence-electron chi connectivity index (χ1n) is 14.3. The Balaban J connectivity index is 1.73. The molecule has 12 heteroatoms. The van der Waals surface area contributed by atoms with Crippen molar-refractivity contribution in [3.05, 3.63) is 66.7 Å². The number of methoxy groups -OCH3 is 1. The summed E-state index contributed by atoms with van der Waals surface area (Å²) in [7, 11) is 1.47. The van der Waals surface area contributed by atoms with Gasteiger partial charge in [0.25, 0.3) is 0 Å². The molecule has 0 aromatic heterocycles. The maximum absolute atomic E-state index is 14.0. The molecule has 0 spiro atoms. The van der Waals surface area contributed by atoms with E-state index in [1.165, 1.54) is 7.11 Å². The molecule has 9 nitrogen and oxygen atoms in total. The zero-order chi connectivity index (χ0) is 31.1. The highest BCUT2D eigenvalue weighted by atomic mass is 127. The number of halogens is 3. The van der Waals surface area contributed by atoms with E-state index in [0.717, 1.165) is 25.7 Å². The number of carbonyl (C=O) groups excluding carboxylic acids is 2. The van der Waals surface area contributed by atoms with E-state index in [4.69, 9.17) is 32.7 Å². The van der Waals surface area contributed by atoms with Crippen LogP contribution in [-0.4, -0.2) is 70.5 Å². The van der Waals surface area contributed by atoms with Crippen molar-refractivity contribution in [2.75, 3.05) is 20.3 Å². The lowest BCUT2D eigenvalue weighted by Crippen LogP contribution is -2.55. The van der Waals surface area contributed by atoms with Crippen LogP contribution in [0.25, 0.3) is 0 Å². The first-order chi connectivity index (χ1) is 20.6. The van der Waals surface area contributed by atoms with E-state index in [2.05, 4.69) is 27.9 Å². The van der Waals surface area contributed by atoms with Crippen molar-refractivity contribution in [3.8, 4) is 11.5 Å². The van der Waals surface area contributed by atoms with Gasteiger partial charge in [-0.05, 0) is 82.8 Å². The number of aliphatic hydroxyl groups excluding tert-OH is 3. The maximum atomic E-state index is 14.0. The van der Waals surface area contributed by atoms with Gasteiger partial charge in [0.15, 0.2) is 11.5 Å². The molecule has 2 aromatic carbocycles. The highest BCUT2D eigenvalue weighted by molar-refractivity contribution is 14.1. The Hall–Kier alpha value is -2.09. The topological polar surface area (TPSA) is 129 Å². The Morgan fingerprint density at radius 2 is 1.88 bits per heavy atom. The average molecular weight is 747 g/mol. The number of carbonyl (C=O) groups is 2. The Kier molecular flexibility index (Phi) is 12.4. The first kappa shape index (κ1) is 33.8. The molecule has 0 unspecified atom stereocenters. The monoisotopic (exact) mass is 746 g/mol. The standard InChI is InChI=1S/C31H37Cl2IN2O7/c1-42-27-11-19(17-38)10-24(34)30(27)43-26-14-21(31(41)35-8-9-37)13-25(29(26)40)36(28(39)12-18-4-2-3-5-18)16-20-6-7-22(32)15-23(20)33/h6-7,10-11,14-15,18,25-26,29,37-38,40H,2-5,8-9,12-13,16-17H2,1H3,(H,35,41)/t25-,26+,29+/m1/s1. The van der Waals surface area contributed by atoms with Gasteiger partial charge in [-0.25, -0.2) is 0 Å². The molecule has 2 aliphatic rings. The van der Waals surface area contributed by atoms with E-state index < -0.39 is 24.2 Å². The van der Waals surface area contributed by atoms with Crippen molar-refractivity contribution in [1.82, 2.24) is 10.2 Å². The van der Waals surface area contributed by atoms with E-state index in [1.807, 2.05) is 0 Å². The van der Waals surface area contributed by atoms with Crippen molar-refractivity contribution in [3.63, 3.8) is 0 Å². The van der Waals surface area contributed by atoms with Crippen LogP contribution in [0.5, 0.6) is 11.5 Å². The second-order valence-corrected chi connectivity index (χ2v) is 12.9. The number of ether oxygens (including phenoxy) is 2. The predicted octanol–water partition coefficient (Wildman–Crippen LogP) is 4.62. The van der Waals surface area contributed by atoms with Crippen LogP contribution in [0.15, 0.2) is 42.0 Å². The molecule has 4 N–H and O–H groups in total.